The number of benzene rings is 2. The van der Waals surface area contributed by atoms with Crippen LogP contribution >= 0.6 is 11.6 Å². The van der Waals surface area contributed by atoms with E-state index in [1.807, 2.05) is 24.3 Å². The van der Waals surface area contributed by atoms with E-state index >= 15 is 0 Å². The van der Waals surface area contributed by atoms with Gasteiger partial charge in [-0.3, -0.25) is 0 Å². The van der Waals surface area contributed by atoms with Gasteiger partial charge >= 0.3 is 0 Å². The third-order valence-electron chi connectivity index (χ3n) is 3.20. The number of H-pyrrole nitrogens is 1. The fraction of sp³-hybridized carbons (Fsp3) is 0.133. The van der Waals surface area contributed by atoms with Crippen LogP contribution < -0.4 is 0 Å². The van der Waals surface area contributed by atoms with Crippen LogP contribution in [0.25, 0.3) is 11.0 Å². The smallest absolute Gasteiger partial charge is 0.142 e. The Labute approximate surface area is 120 Å². The molecule has 5 heteroatoms. The lowest BCUT2D eigenvalue weighted by Crippen LogP contribution is -2.11. The van der Waals surface area contributed by atoms with Gasteiger partial charge in [0.05, 0.1) is 11.0 Å². The maximum absolute atomic E-state index is 10.2. The van der Waals surface area contributed by atoms with Crippen LogP contribution in [0.2, 0.25) is 5.02 Å². The van der Waals surface area contributed by atoms with E-state index in [-0.39, 0.29) is 0 Å². The van der Waals surface area contributed by atoms with Crippen molar-refractivity contribution in [2.75, 3.05) is 0 Å². The Kier molecular flexibility index (Phi) is 3.44. The lowest BCUT2D eigenvalue weighted by Gasteiger charge is -2.16. The molecule has 0 aliphatic carbocycles. The molecule has 102 valence electrons. The van der Waals surface area contributed by atoms with Gasteiger partial charge in [-0.25, -0.2) is 4.98 Å². The number of fused-ring (bicyclic) bond motifs is 1. The molecule has 1 heterocycles. The van der Waals surface area contributed by atoms with E-state index in [0.717, 1.165) is 11.0 Å². The summed E-state index contributed by atoms with van der Waals surface area (Å²) in [5.41, 5.74) is 2.16. The molecule has 0 radical (unpaired) electrons. The van der Waals surface area contributed by atoms with Crippen molar-refractivity contribution in [3.63, 3.8) is 0 Å². The Morgan fingerprint density at radius 1 is 0.950 bits per heavy atom. The average molecular weight is 289 g/mol. The van der Waals surface area contributed by atoms with Crippen LogP contribution in [0.4, 0.5) is 0 Å². The van der Waals surface area contributed by atoms with Gasteiger partial charge in [0.2, 0.25) is 0 Å². The first-order valence-corrected chi connectivity index (χ1v) is 6.59. The highest BCUT2D eigenvalue weighted by atomic mass is 35.5. The highest BCUT2D eigenvalue weighted by Crippen LogP contribution is 2.28. The summed E-state index contributed by atoms with van der Waals surface area (Å²) < 4.78 is 0. The van der Waals surface area contributed by atoms with Gasteiger partial charge in [0.25, 0.3) is 0 Å². The third kappa shape index (κ3) is 2.41. The highest BCUT2D eigenvalue weighted by Gasteiger charge is 2.23. The fourth-order valence-corrected chi connectivity index (χ4v) is 2.23. The number of nitrogens with zero attached hydrogens (tertiary/aromatic N) is 1. The molecule has 4 nitrogen and oxygen atoms in total. The van der Waals surface area contributed by atoms with Crippen LogP contribution in [0.1, 0.15) is 23.6 Å². The minimum absolute atomic E-state index is 0.341. The quantitative estimate of drug-likeness (QED) is 0.694. The predicted molar refractivity (Wildman–Crippen MR) is 77.5 cm³/mol. The monoisotopic (exact) mass is 288 g/mol. The van der Waals surface area contributed by atoms with Crippen molar-refractivity contribution < 1.29 is 10.2 Å². The lowest BCUT2D eigenvalue weighted by molar-refractivity contribution is 0.0125. The first kappa shape index (κ1) is 13.1. The van der Waals surface area contributed by atoms with E-state index < -0.39 is 12.2 Å². The molecule has 0 spiro atoms. The Bertz CT molecular complexity index is 691. The summed E-state index contributed by atoms with van der Waals surface area (Å²) in [6.07, 6.45) is -2.18. The Balaban J connectivity index is 1.90. The van der Waals surface area contributed by atoms with Crippen LogP contribution in [-0.2, 0) is 0 Å². The molecule has 0 saturated heterocycles. The van der Waals surface area contributed by atoms with Gasteiger partial charge in [-0.05, 0) is 29.8 Å². The summed E-state index contributed by atoms with van der Waals surface area (Å²) >= 11 is 5.80. The molecule has 2 aromatic carbocycles. The molecule has 3 aromatic rings. The number of hydrogen-bond donors (Lipinski definition) is 3. The Morgan fingerprint density at radius 2 is 1.65 bits per heavy atom. The molecule has 3 rings (SSSR count). The number of aromatic nitrogens is 2. The normalized spacial score (nSPS) is 14.3. The number of imidazole rings is 1. The molecule has 0 aliphatic rings. The number of para-hydroxylation sites is 2. The number of nitrogens with one attached hydrogen (secondary N) is 1. The molecular formula is C15H13ClN2O2. The van der Waals surface area contributed by atoms with E-state index in [1.54, 1.807) is 24.3 Å². The number of aliphatic hydroxyl groups excluding tert-OH is 2. The van der Waals surface area contributed by atoms with Crippen LogP contribution in [0.5, 0.6) is 0 Å². The SMILES string of the molecule is O[C@H](c1ccc(Cl)cc1)[C@@H](O)c1nc2ccccc2[nH]1. The van der Waals surface area contributed by atoms with Crippen LogP contribution in [0, 0.1) is 0 Å². The molecule has 0 bridgehead atoms. The van der Waals surface area contributed by atoms with Gasteiger partial charge in [-0.1, -0.05) is 35.9 Å². The van der Waals surface area contributed by atoms with Crippen molar-refractivity contribution in [1.82, 2.24) is 9.97 Å². The first-order chi connectivity index (χ1) is 9.65. The Hall–Kier alpha value is -1.88. The van der Waals surface area contributed by atoms with Crippen molar-refractivity contribution >= 4 is 22.6 Å². The number of halogens is 1. The second-order valence-electron chi connectivity index (χ2n) is 4.58. The van der Waals surface area contributed by atoms with Gasteiger partial charge in [0.15, 0.2) is 0 Å². The van der Waals surface area contributed by atoms with E-state index in [4.69, 9.17) is 11.6 Å². The standard InChI is InChI=1S/C15H13ClN2O2/c16-10-7-5-9(6-8-10)13(19)14(20)15-17-11-3-1-2-4-12(11)18-15/h1-8,13-14,19-20H,(H,17,18)/t13-,14-/m1/s1. The maximum atomic E-state index is 10.2. The zero-order valence-corrected chi connectivity index (χ0v) is 11.2. The van der Waals surface area contributed by atoms with Crippen molar-refractivity contribution in [3.8, 4) is 0 Å². The first-order valence-electron chi connectivity index (χ1n) is 6.21. The fourth-order valence-electron chi connectivity index (χ4n) is 2.10. The largest absolute Gasteiger partial charge is 0.385 e. The van der Waals surface area contributed by atoms with Crippen molar-refractivity contribution in [2.24, 2.45) is 0 Å². The molecule has 0 unspecified atom stereocenters. The number of aliphatic hydroxyl groups is 2. The van der Waals surface area contributed by atoms with Crippen molar-refractivity contribution in [2.45, 2.75) is 12.2 Å². The van der Waals surface area contributed by atoms with Gasteiger partial charge in [0.1, 0.15) is 18.0 Å². The molecule has 0 amide bonds. The molecule has 0 aliphatic heterocycles. The number of hydrogen-bond acceptors (Lipinski definition) is 3. The lowest BCUT2D eigenvalue weighted by atomic mass is 10.0. The highest BCUT2D eigenvalue weighted by molar-refractivity contribution is 6.30. The summed E-state index contributed by atoms with van der Waals surface area (Å²) in [4.78, 5) is 7.30. The summed E-state index contributed by atoms with van der Waals surface area (Å²) in [7, 11) is 0. The zero-order valence-electron chi connectivity index (χ0n) is 10.5. The summed E-state index contributed by atoms with van der Waals surface area (Å²) in [5.74, 6) is 0.341. The van der Waals surface area contributed by atoms with Gasteiger partial charge in [0, 0.05) is 5.02 Å². The topological polar surface area (TPSA) is 69.1 Å². The summed E-state index contributed by atoms with van der Waals surface area (Å²) in [5, 5.41) is 21.0. The van der Waals surface area contributed by atoms with E-state index in [0.29, 0.717) is 16.4 Å². The number of rotatable bonds is 3. The van der Waals surface area contributed by atoms with E-state index in [2.05, 4.69) is 9.97 Å². The zero-order chi connectivity index (χ0) is 14.1. The van der Waals surface area contributed by atoms with Gasteiger partial charge in [-0.2, -0.15) is 0 Å². The van der Waals surface area contributed by atoms with Crippen molar-refractivity contribution in [1.29, 1.82) is 0 Å². The number of aromatic amines is 1. The van der Waals surface area contributed by atoms with Crippen LogP contribution in [0.3, 0.4) is 0 Å². The van der Waals surface area contributed by atoms with Crippen molar-refractivity contribution in [3.05, 3.63) is 64.9 Å². The minimum Gasteiger partial charge on any atom is -0.385 e. The minimum atomic E-state index is -1.12. The van der Waals surface area contributed by atoms with Crippen LogP contribution in [-0.4, -0.2) is 20.2 Å². The molecule has 20 heavy (non-hydrogen) atoms. The summed E-state index contributed by atoms with van der Waals surface area (Å²) in [6, 6.07) is 14.2. The Morgan fingerprint density at radius 3 is 2.35 bits per heavy atom. The second kappa shape index (κ2) is 5.25. The van der Waals surface area contributed by atoms with Gasteiger partial charge < -0.3 is 15.2 Å². The van der Waals surface area contributed by atoms with Crippen LogP contribution in [0.15, 0.2) is 48.5 Å². The maximum Gasteiger partial charge on any atom is 0.142 e. The third-order valence-corrected chi connectivity index (χ3v) is 3.45. The summed E-state index contributed by atoms with van der Waals surface area (Å²) in [6.45, 7) is 0. The van der Waals surface area contributed by atoms with Gasteiger partial charge in [-0.15, -0.1) is 0 Å². The molecule has 0 fully saturated rings. The predicted octanol–water partition coefficient (Wildman–Crippen LogP) is 2.98. The average Bonchev–Trinajstić information content (AvgIpc) is 2.90. The van der Waals surface area contributed by atoms with E-state index in [1.165, 1.54) is 0 Å². The van der Waals surface area contributed by atoms with E-state index in [9.17, 15) is 10.2 Å². The molecule has 0 saturated carbocycles. The molecule has 1 aromatic heterocycles. The molecular weight excluding hydrogens is 276 g/mol. The molecule has 2 atom stereocenters. The second-order valence-corrected chi connectivity index (χ2v) is 5.02. The molecule has 3 N–H and O–H groups in total.